The maximum absolute atomic E-state index is 13.0. The zero-order valence-electron chi connectivity index (χ0n) is 18.7. The number of para-hydroxylation sites is 2. The van der Waals surface area contributed by atoms with Crippen molar-refractivity contribution in [2.24, 2.45) is 0 Å². The van der Waals surface area contributed by atoms with Crippen LogP contribution in [-0.4, -0.2) is 41.5 Å². The molecule has 1 heterocycles. The van der Waals surface area contributed by atoms with Crippen LogP contribution in [0.3, 0.4) is 0 Å². The average molecular weight is 492 g/mol. The Morgan fingerprint density at radius 2 is 1.82 bits per heavy atom. The lowest BCUT2D eigenvalue weighted by molar-refractivity contribution is -0.127. The number of rotatable bonds is 10. The molecule has 0 aliphatic rings. The summed E-state index contributed by atoms with van der Waals surface area (Å²) in [5, 5.41) is 6.64. The second kappa shape index (κ2) is 11.7. The number of hydrogen-bond donors (Lipinski definition) is 2. The topological polar surface area (TPSA) is 80.3 Å². The van der Waals surface area contributed by atoms with E-state index >= 15 is 0 Å². The number of nitrogens with zero attached hydrogens (tertiary/aromatic N) is 1. The van der Waals surface area contributed by atoms with Crippen molar-refractivity contribution in [3.05, 3.63) is 78.9 Å². The molecule has 174 valence electrons. The van der Waals surface area contributed by atoms with Gasteiger partial charge in [-0.15, -0.1) is 11.3 Å². The van der Waals surface area contributed by atoms with E-state index in [1.165, 1.54) is 0 Å². The Kier molecular flexibility index (Phi) is 8.17. The molecule has 0 saturated heterocycles. The lowest BCUT2D eigenvalue weighted by atomic mass is 10.1. The number of benzene rings is 3. The van der Waals surface area contributed by atoms with E-state index in [2.05, 4.69) is 10.6 Å². The van der Waals surface area contributed by atoms with Crippen molar-refractivity contribution >= 4 is 50.8 Å². The van der Waals surface area contributed by atoms with Crippen molar-refractivity contribution < 1.29 is 14.3 Å². The molecule has 0 aliphatic heterocycles. The molecular formula is C26H25N3O3S2. The van der Waals surface area contributed by atoms with Gasteiger partial charge in [-0.25, -0.2) is 4.98 Å². The van der Waals surface area contributed by atoms with Crippen LogP contribution in [0.25, 0.3) is 20.8 Å². The van der Waals surface area contributed by atoms with Crippen molar-refractivity contribution in [3.63, 3.8) is 0 Å². The highest BCUT2D eigenvalue weighted by Crippen LogP contribution is 2.31. The molecule has 0 spiro atoms. The molecule has 6 nitrogen and oxygen atoms in total. The molecule has 4 rings (SSSR count). The quantitative estimate of drug-likeness (QED) is 0.318. The van der Waals surface area contributed by atoms with Crippen molar-refractivity contribution in [3.8, 4) is 16.3 Å². The fourth-order valence-electron chi connectivity index (χ4n) is 3.36. The zero-order valence-corrected chi connectivity index (χ0v) is 20.3. The van der Waals surface area contributed by atoms with Crippen LogP contribution in [0.15, 0.2) is 78.9 Å². The predicted molar refractivity (Wildman–Crippen MR) is 141 cm³/mol. The van der Waals surface area contributed by atoms with Crippen LogP contribution in [0.5, 0.6) is 5.75 Å². The minimum Gasteiger partial charge on any atom is -0.484 e. The van der Waals surface area contributed by atoms with Crippen molar-refractivity contribution in [1.82, 2.24) is 10.3 Å². The molecule has 1 atom stereocenters. The molecule has 2 N–H and O–H groups in total. The van der Waals surface area contributed by atoms with Crippen LogP contribution >= 0.6 is 23.1 Å². The zero-order chi connectivity index (χ0) is 23.8. The Morgan fingerprint density at radius 3 is 2.62 bits per heavy atom. The lowest BCUT2D eigenvalue weighted by Crippen LogP contribution is -2.45. The number of thiazole rings is 1. The van der Waals surface area contributed by atoms with E-state index in [9.17, 15) is 9.59 Å². The standard InChI is InChI=1S/C26H25N3O3S2/c1-33-15-14-22(28-24(30)17-32-20-10-3-2-4-11-20)25(31)27-19-9-7-8-18(16-19)26-29-21-12-5-6-13-23(21)34-26/h2-13,16,22H,14-15,17H2,1H3,(H,27,31)(H,28,30). The molecule has 1 unspecified atom stereocenters. The van der Waals surface area contributed by atoms with E-state index in [4.69, 9.17) is 9.72 Å². The first-order chi connectivity index (χ1) is 16.6. The van der Waals surface area contributed by atoms with Gasteiger partial charge in [-0.1, -0.05) is 42.5 Å². The van der Waals surface area contributed by atoms with Crippen LogP contribution in [0.2, 0.25) is 0 Å². The molecule has 8 heteroatoms. The van der Waals surface area contributed by atoms with Crippen LogP contribution in [-0.2, 0) is 9.59 Å². The highest BCUT2D eigenvalue weighted by molar-refractivity contribution is 7.98. The number of nitrogens with one attached hydrogen (secondary N) is 2. The van der Waals surface area contributed by atoms with E-state index in [-0.39, 0.29) is 18.4 Å². The van der Waals surface area contributed by atoms with Gasteiger partial charge in [0.2, 0.25) is 5.91 Å². The Hall–Kier alpha value is -3.36. The Labute approximate surface area is 206 Å². The fraction of sp³-hybridized carbons (Fsp3) is 0.192. The molecule has 1 aromatic heterocycles. The smallest absolute Gasteiger partial charge is 0.258 e. The van der Waals surface area contributed by atoms with E-state index in [1.54, 1.807) is 35.2 Å². The molecule has 2 amide bonds. The minimum absolute atomic E-state index is 0.153. The maximum Gasteiger partial charge on any atom is 0.258 e. The summed E-state index contributed by atoms with van der Waals surface area (Å²) in [6, 6.07) is 24.0. The van der Waals surface area contributed by atoms with E-state index in [0.29, 0.717) is 17.9 Å². The van der Waals surface area contributed by atoms with Gasteiger partial charge >= 0.3 is 0 Å². The summed E-state index contributed by atoms with van der Waals surface area (Å²) >= 11 is 3.23. The van der Waals surface area contributed by atoms with Gasteiger partial charge in [0, 0.05) is 11.3 Å². The molecule has 0 radical (unpaired) electrons. The SMILES string of the molecule is CSCCC(NC(=O)COc1ccccc1)C(=O)Nc1cccc(-c2nc3ccccc3s2)c1. The second-order valence-electron chi connectivity index (χ2n) is 7.56. The van der Waals surface area contributed by atoms with Gasteiger partial charge in [0.1, 0.15) is 16.8 Å². The summed E-state index contributed by atoms with van der Waals surface area (Å²) in [7, 11) is 0. The number of aromatic nitrogens is 1. The Morgan fingerprint density at radius 1 is 1.03 bits per heavy atom. The number of carbonyl (C=O) groups is 2. The fourth-order valence-corrected chi connectivity index (χ4v) is 4.79. The van der Waals surface area contributed by atoms with Crippen molar-refractivity contribution in [2.75, 3.05) is 23.9 Å². The molecule has 0 bridgehead atoms. The molecule has 34 heavy (non-hydrogen) atoms. The lowest BCUT2D eigenvalue weighted by Gasteiger charge is -2.18. The first kappa shape index (κ1) is 23.8. The van der Waals surface area contributed by atoms with Gasteiger partial charge in [0.05, 0.1) is 10.2 Å². The maximum atomic E-state index is 13.0. The highest BCUT2D eigenvalue weighted by Gasteiger charge is 2.21. The predicted octanol–water partition coefficient (Wildman–Crippen LogP) is 5.22. The first-order valence-corrected chi connectivity index (χ1v) is 13.1. The summed E-state index contributed by atoms with van der Waals surface area (Å²) in [6.45, 7) is -0.153. The highest BCUT2D eigenvalue weighted by atomic mass is 32.2. The molecule has 0 fully saturated rings. The van der Waals surface area contributed by atoms with Gasteiger partial charge in [-0.3, -0.25) is 9.59 Å². The number of anilines is 1. The van der Waals surface area contributed by atoms with Gasteiger partial charge in [-0.2, -0.15) is 11.8 Å². The van der Waals surface area contributed by atoms with E-state index < -0.39 is 6.04 Å². The normalized spacial score (nSPS) is 11.7. The molecule has 4 aromatic rings. The number of thioether (sulfide) groups is 1. The Balaban J connectivity index is 1.41. The van der Waals surface area contributed by atoms with Gasteiger partial charge in [0.15, 0.2) is 6.61 Å². The van der Waals surface area contributed by atoms with Gasteiger partial charge < -0.3 is 15.4 Å². The summed E-state index contributed by atoms with van der Waals surface area (Å²) in [5.41, 5.74) is 2.54. The van der Waals surface area contributed by atoms with Crippen LogP contribution < -0.4 is 15.4 Å². The summed E-state index contributed by atoms with van der Waals surface area (Å²) in [4.78, 5) is 30.2. The number of carbonyl (C=O) groups excluding carboxylic acids is 2. The van der Waals surface area contributed by atoms with Crippen LogP contribution in [0, 0.1) is 0 Å². The number of fused-ring (bicyclic) bond motifs is 1. The number of amides is 2. The van der Waals surface area contributed by atoms with Crippen molar-refractivity contribution in [2.45, 2.75) is 12.5 Å². The Bertz CT molecular complexity index is 1230. The molecule has 3 aromatic carbocycles. The number of ether oxygens (including phenoxy) is 1. The van der Waals surface area contributed by atoms with Crippen LogP contribution in [0.1, 0.15) is 6.42 Å². The third kappa shape index (κ3) is 6.36. The summed E-state index contributed by atoms with van der Waals surface area (Å²) in [5.74, 6) is 0.746. The van der Waals surface area contributed by atoms with Crippen molar-refractivity contribution in [1.29, 1.82) is 0 Å². The molecule has 0 aliphatic carbocycles. The van der Waals surface area contributed by atoms with Crippen LogP contribution in [0.4, 0.5) is 5.69 Å². The largest absolute Gasteiger partial charge is 0.484 e. The minimum atomic E-state index is -0.662. The third-order valence-electron chi connectivity index (χ3n) is 5.05. The molecule has 0 saturated carbocycles. The van der Waals surface area contributed by atoms with Gasteiger partial charge in [-0.05, 0) is 54.8 Å². The van der Waals surface area contributed by atoms with E-state index in [1.807, 2.05) is 73.0 Å². The number of hydrogen-bond acceptors (Lipinski definition) is 6. The summed E-state index contributed by atoms with van der Waals surface area (Å²) in [6.07, 6.45) is 2.48. The summed E-state index contributed by atoms with van der Waals surface area (Å²) < 4.78 is 6.62. The van der Waals surface area contributed by atoms with E-state index in [0.717, 1.165) is 26.5 Å². The third-order valence-corrected chi connectivity index (χ3v) is 6.78. The monoisotopic (exact) mass is 491 g/mol. The molecular weight excluding hydrogens is 466 g/mol. The second-order valence-corrected chi connectivity index (χ2v) is 9.58. The first-order valence-electron chi connectivity index (χ1n) is 10.9. The van der Waals surface area contributed by atoms with Gasteiger partial charge in [0.25, 0.3) is 5.91 Å². The average Bonchev–Trinajstić information content (AvgIpc) is 3.30.